The Morgan fingerprint density at radius 1 is 0.750 bits per heavy atom. The fourth-order valence-electron chi connectivity index (χ4n) is 0.884. The van der Waals surface area contributed by atoms with Gasteiger partial charge in [0.05, 0.1) is 0 Å². The van der Waals surface area contributed by atoms with Crippen molar-refractivity contribution in [1.82, 2.24) is 0 Å². The van der Waals surface area contributed by atoms with E-state index in [0.29, 0.717) is 0 Å². The van der Waals surface area contributed by atoms with Gasteiger partial charge in [-0.05, 0) is 0 Å². The van der Waals surface area contributed by atoms with Gasteiger partial charge in [-0.15, -0.1) is 0 Å². The number of halogens is 2. The van der Waals surface area contributed by atoms with E-state index in [2.05, 4.69) is 27.2 Å². The van der Waals surface area contributed by atoms with Crippen LogP contribution in [0.3, 0.4) is 0 Å². The van der Waals surface area contributed by atoms with Crippen molar-refractivity contribution in [2.24, 2.45) is 0 Å². The van der Waals surface area contributed by atoms with Gasteiger partial charge in [-0.1, -0.05) is 32.1 Å². The van der Waals surface area contributed by atoms with Crippen LogP contribution in [0.1, 0.15) is 32.1 Å². The summed E-state index contributed by atoms with van der Waals surface area (Å²) in [6.07, 6.45) is 7.50. The Balaban J connectivity index is 0.000000145. The monoisotopic (exact) mass is 292 g/mol. The summed E-state index contributed by atoms with van der Waals surface area (Å²) in [7, 11) is 0. The van der Waals surface area contributed by atoms with Gasteiger partial charge in [0.2, 0.25) is 0 Å². The van der Waals surface area contributed by atoms with Crippen molar-refractivity contribution in [3.63, 3.8) is 0 Å². The van der Waals surface area contributed by atoms with E-state index in [1.54, 1.807) is 0 Å². The van der Waals surface area contributed by atoms with Crippen molar-refractivity contribution in [1.29, 1.82) is 0 Å². The first-order valence-corrected chi connectivity index (χ1v) is 16.9. The molecule has 0 aromatic carbocycles. The Kier molecular flexibility index (Phi) is 10.3. The zero-order valence-corrected chi connectivity index (χ0v) is 11.1. The molecule has 1 saturated carbocycles. The van der Waals surface area contributed by atoms with Gasteiger partial charge >= 0.3 is 40.5 Å². The Hall–Kier alpha value is 1.58. The van der Waals surface area contributed by atoms with Gasteiger partial charge in [-0.3, -0.25) is 0 Å². The molecule has 0 amide bonds. The van der Waals surface area contributed by atoms with Crippen molar-refractivity contribution in [3.8, 4) is 0 Å². The third-order valence-corrected chi connectivity index (χ3v) is 1.25. The summed E-state index contributed by atoms with van der Waals surface area (Å²) < 4.78 is 0. The maximum atomic E-state index is 3.25. The Bertz CT molecular complexity index is 29.8. The van der Waals surface area contributed by atoms with E-state index in [1.165, 1.54) is 32.1 Å². The van der Waals surface area contributed by atoms with E-state index in [1.807, 2.05) is 0 Å². The molecule has 1 aliphatic carbocycles. The van der Waals surface area contributed by atoms with Crippen molar-refractivity contribution < 1.29 is 13.2 Å². The molecule has 46 valence electrons. The number of rotatable bonds is 0. The van der Waals surface area contributed by atoms with Gasteiger partial charge in [0, 0.05) is 0 Å². The average Bonchev–Trinajstić information content (AvgIpc) is 2.17. The van der Waals surface area contributed by atoms with Crippen LogP contribution in [0.15, 0.2) is 0 Å². The molecule has 0 heterocycles. The molecule has 0 nitrogen and oxygen atoms in total. The van der Waals surface area contributed by atoms with E-state index < -0.39 is 0 Å². The van der Waals surface area contributed by atoms with Gasteiger partial charge in [-0.2, -0.15) is 0 Å². The van der Waals surface area contributed by atoms with Crippen molar-refractivity contribution in [2.75, 3.05) is 0 Å². The Morgan fingerprint density at radius 3 is 1.00 bits per heavy atom. The molecule has 0 saturated heterocycles. The molecule has 0 atom stereocenters. The van der Waals surface area contributed by atoms with Crippen molar-refractivity contribution in [3.05, 3.63) is 0 Å². The first kappa shape index (κ1) is 9.58. The minimum atomic E-state index is -0.250. The normalized spacial score (nSPS) is 16.2. The summed E-state index contributed by atoms with van der Waals surface area (Å²) in [5.74, 6) is 0. The summed E-state index contributed by atoms with van der Waals surface area (Å²) >= 11 is 6.25. The summed E-state index contributed by atoms with van der Waals surface area (Å²) in [5, 5.41) is 0. The fourth-order valence-corrected chi connectivity index (χ4v) is 0.884. The topological polar surface area (TPSA) is 0 Å². The van der Waals surface area contributed by atoms with Gasteiger partial charge in [-0.25, -0.2) is 0 Å². The van der Waals surface area contributed by atoms with Crippen molar-refractivity contribution in [2.45, 2.75) is 32.1 Å². The van der Waals surface area contributed by atoms with Crippen molar-refractivity contribution >= 4 is 27.2 Å². The molecule has 0 aromatic heterocycles. The zero-order chi connectivity index (χ0) is 6.24. The number of hydrogen-bond donors (Lipinski definition) is 0. The number of hydrogen-bond acceptors (Lipinski definition) is 0. The molecule has 0 N–H and O–H groups in total. The molecule has 0 spiro atoms. The van der Waals surface area contributed by atoms with Gasteiger partial charge in [0.1, 0.15) is 0 Å². The van der Waals surface area contributed by atoms with Crippen LogP contribution >= 0.6 is 27.2 Å². The van der Waals surface area contributed by atoms with E-state index in [0.717, 1.165) is 0 Å². The van der Waals surface area contributed by atoms with Gasteiger partial charge in [0.15, 0.2) is 0 Å². The van der Waals surface area contributed by atoms with E-state index in [4.69, 9.17) is 0 Å². The van der Waals surface area contributed by atoms with E-state index in [-0.39, 0.29) is 13.2 Å². The molecule has 0 aromatic rings. The first-order valence-electron chi connectivity index (χ1n) is 3.03. The maximum absolute atomic E-state index is 3.25. The quantitative estimate of drug-likeness (QED) is 0.599. The molecule has 8 heavy (non-hydrogen) atoms. The molecule has 0 aliphatic heterocycles. The predicted molar refractivity (Wildman–Crippen MR) is 40.9 cm³/mol. The fraction of sp³-hybridized carbons (Fsp3) is 1.00. The molecule has 0 radical (unpaired) electrons. The molecule has 0 unspecified atom stereocenters. The van der Waals surface area contributed by atoms with Crippen LogP contribution in [0.2, 0.25) is 0 Å². The predicted octanol–water partition coefficient (Wildman–Crippen LogP) is 3.64. The Labute approximate surface area is 72.1 Å². The summed E-state index contributed by atoms with van der Waals surface area (Å²) in [4.78, 5) is 0. The van der Waals surface area contributed by atoms with Gasteiger partial charge in [0.25, 0.3) is 0 Å². The first-order chi connectivity index (χ1) is 3.91. The molecule has 1 rings (SSSR count). The second kappa shape index (κ2) is 8.58. The van der Waals surface area contributed by atoms with Crippen LogP contribution in [-0.4, -0.2) is 0 Å². The Morgan fingerprint density at radius 2 is 0.875 bits per heavy atom. The van der Waals surface area contributed by atoms with Crippen LogP contribution in [-0.2, 0) is 13.2 Å². The third kappa shape index (κ3) is 7.58. The summed E-state index contributed by atoms with van der Waals surface area (Å²) in [6, 6.07) is 0. The molecule has 1 fully saturated rings. The second-order valence-electron chi connectivity index (χ2n) is 1.87. The van der Waals surface area contributed by atoms with Gasteiger partial charge < -0.3 is 0 Å². The third-order valence-electron chi connectivity index (χ3n) is 1.25. The zero-order valence-electron chi connectivity index (χ0n) is 5.00. The summed E-state index contributed by atoms with van der Waals surface area (Å²) in [5.41, 5.74) is 0. The standard InChI is InChI=1S/C5H10.2BrH.Zn/c1-2-4-5-3-1;;;/h1-5H2;2*1H;/q;;;+2/p-2. The van der Waals surface area contributed by atoms with Crippen LogP contribution in [0, 0.1) is 0 Å². The van der Waals surface area contributed by atoms with E-state index in [9.17, 15) is 0 Å². The minimum absolute atomic E-state index is 0.250. The van der Waals surface area contributed by atoms with Crippen LogP contribution in [0.4, 0.5) is 0 Å². The molecular formula is C5H10Br2Zn. The van der Waals surface area contributed by atoms with E-state index >= 15 is 0 Å². The van der Waals surface area contributed by atoms with Crippen LogP contribution < -0.4 is 0 Å². The molecule has 1 aliphatic rings. The average molecular weight is 295 g/mol. The van der Waals surface area contributed by atoms with Crippen LogP contribution in [0.5, 0.6) is 0 Å². The van der Waals surface area contributed by atoms with Crippen LogP contribution in [0.25, 0.3) is 0 Å². The summed E-state index contributed by atoms with van der Waals surface area (Å²) in [6.45, 7) is 0. The SMILES string of the molecule is C1CCCC1.[Br][Zn][Br]. The second-order valence-corrected chi connectivity index (χ2v) is 15.9. The molecule has 0 bridgehead atoms. The molecular weight excluding hydrogens is 285 g/mol. The molecule has 3 heteroatoms.